The number of halogens is 3. The Bertz CT molecular complexity index is 568. The summed E-state index contributed by atoms with van der Waals surface area (Å²) in [7, 11) is -0.687. The minimum Gasteiger partial charge on any atom is -0.400 e. The number of nitrogens with two attached hydrogens (primary N) is 1. The van der Waals surface area contributed by atoms with Gasteiger partial charge < -0.3 is 15.0 Å². The van der Waals surface area contributed by atoms with Gasteiger partial charge in [0.05, 0.1) is 11.2 Å². The molecule has 0 bridgehead atoms. The Labute approximate surface area is 131 Å². The summed E-state index contributed by atoms with van der Waals surface area (Å²) in [4.78, 5) is 3.56. The van der Waals surface area contributed by atoms with Gasteiger partial charge in [0.2, 0.25) is 0 Å². The van der Waals surface area contributed by atoms with Crippen LogP contribution >= 0.6 is 11.3 Å². The molecule has 1 saturated heterocycles. The van der Waals surface area contributed by atoms with E-state index in [4.69, 9.17) is 15.0 Å². The van der Waals surface area contributed by atoms with Crippen molar-refractivity contribution in [1.29, 1.82) is 0 Å². The first-order valence-electron chi connectivity index (χ1n) is 6.75. The van der Waals surface area contributed by atoms with Crippen LogP contribution in [0.3, 0.4) is 0 Å². The fraction of sp³-hybridized carbons (Fsp3) is 0.615. The summed E-state index contributed by atoms with van der Waals surface area (Å²) in [5.74, 6) is 0. The van der Waals surface area contributed by atoms with Gasteiger partial charge in [-0.2, -0.15) is 13.2 Å². The highest BCUT2D eigenvalue weighted by Crippen LogP contribution is 2.39. The zero-order valence-electron chi connectivity index (χ0n) is 12.8. The van der Waals surface area contributed by atoms with Crippen molar-refractivity contribution in [2.45, 2.75) is 45.1 Å². The smallest absolute Gasteiger partial charge is 0.400 e. The number of thiazole rings is 1. The summed E-state index contributed by atoms with van der Waals surface area (Å²) >= 11 is 0.905. The molecule has 0 aliphatic carbocycles. The number of hydrogen-bond acceptors (Lipinski definition) is 5. The van der Waals surface area contributed by atoms with Gasteiger partial charge in [-0.25, -0.2) is 4.98 Å². The lowest BCUT2D eigenvalue weighted by atomic mass is 9.78. The Morgan fingerprint density at radius 1 is 1.32 bits per heavy atom. The number of hydrogen-bond donors (Lipinski definition) is 1. The van der Waals surface area contributed by atoms with Crippen molar-refractivity contribution < 1.29 is 22.5 Å². The van der Waals surface area contributed by atoms with E-state index in [1.54, 1.807) is 0 Å². The maximum absolute atomic E-state index is 12.6. The topological polar surface area (TPSA) is 57.4 Å². The lowest BCUT2D eigenvalue weighted by Gasteiger charge is -2.32. The Balaban J connectivity index is 2.24. The van der Waals surface area contributed by atoms with E-state index in [-0.39, 0.29) is 11.6 Å². The molecule has 2 rings (SSSR count). The summed E-state index contributed by atoms with van der Waals surface area (Å²) < 4.78 is 49.4. The molecule has 1 aliphatic rings. The fourth-order valence-electron chi connectivity index (χ4n) is 1.86. The molecule has 1 fully saturated rings. The van der Waals surface area contributed by atoms with E-state index in [0.717, 1.165) is 16.7 Å². The quantitative estimate of drug-likeness (QED) is 0.863. The highest BCUT2D eigenvalue weighted by atomic mass is 32.1. The van der Waals surface area contributed by atoms with Gasteiger partial charge >= 0.3 is 13.3 Å². The van der Waals surface area contributed by atoms with Crippen LogP contribution < -0.4 is 5.73 Å². The van der Waals surface area contributed by atoms with Gasteiger partial charge in [-0.1, -0.05) is 0 Å². The van der Waals surface area contributed by atoms with Crippen molar-refractivity contribution in [3.05, 3.63) is 21.6 Å². The molecule has 0 saturated carbocycles. The lowest BCUT2D eigenvalue weighted by molar-refractivity contribution is -0.140. The Kier molecular flexibility index (Phi) is 4.47. The average molecular weight is 334 g/mol. The molecule has 1 aliphatic heterocycles. The molecule has 122 valence electrons. The number of rotatable bonds is 3. The number of aromatic nitrogens is 1. The molecule has 0 radical (unpaired) electrons. The molecule has 0 spiro atoms. The highest BCUT2D eigenvalue weighted by Gasteiger charge is 2.52. The van der Waals surface area contributed by atoms with E-state index in [9.17, 15) is 13.2 Å². The Morgan fingerprint density at radius 3 is 2.27 bits per heavy atom. The van der Waals surface area contributed by atoms with Crippen molar-refractivity contribution in [2.24, 2.45) is 5.73 Å². The van der Waals surface area contributed by atoms with Crippen LogP contribution in [-0.2, 0) is 15.5 Å². The van der Waals surface area contributed by atoms with E-state index in [1.807, 2.05) is 27.7 Å². The van der Waals surface area contributed by atoms with Crippen LogP contribution in [0, 0.1) is 0 Å². The summed E-state index contributed by atoms with van der Waals surface area (Å²) in [5.41, 5.74) is 4.27. The molecule has 0 aromatic carbocycles. The van der Waals surface area contributed by atoms with E-state index in [0.29, 0.717) is 5.47 Å². The number of nitrogens with zero attached hydrogens (tertiary/aromatic N) is 1. The molecular formula is C13H18BF3N2O2S. The molecule has 2 N–H and O–H groups in total. The second-order valence-corrected chi connectivity index (χ2v) is 6.97. The highest BCUT2D eigenvalue weighted by molar-refractivity contribution is 7.10. The Morgan fingerprint density at radius 2 is 1.86 bits per heavy atom. The second kappa shape index (κ2) is 5.63. The molecule has 2 heterocycles. The molecule has 1 aromatic rings. The minimum atomic E-state index is -4.45. The van der Waals surface area contributed by atoms with Crippen molar-refractivity contribution in [1.82, 2.24) is 4.98 Å². The van der Waals surface area contributed by atoms with Gasteiger partial charge in [-0.3, -0.25) is 0 Å². The van der Waals surface area contributed by atoms with Gasteiger partial charge in [0.15, 0.2) is 5.69 Å². The molecule has 4 nitrogen and oxygen atoms in total. The zero-order chi connectivity index (χ0) is 16.8. The van der Waals surface area contributed by atoms with Crippen LogP contribution in [0.15, 0.2) is 10.9 Å². The predicted molar refractivity (Wildman–Crippen MR) is 80.2 cm³/mol. The summed E-state index contributed by atoms with van der Waals surface area (Å²) in [6.07, 6.45) is -2.95. The van der Waals surface area contributed by atoms with Crippen molar-refractivity contribution >= 4 is 24.5 Å². The third-order valence-electron chi connectivity index (χ3n) is 3.91. The molecule has 1 aromatic heterocycles. The third-order valence-corrected chi connectivity index (χ3v) is 4.70. The first-order valence-corrected chi connectivity index (χ1v) is 7.63. The lowest BCUT2D eigenvalue weighted by Crippen LogP contribution is -2.41. The van der Waals surface area contributed by atoms with Crippen LogP contribution in [0.25, 0.3) is 6.08 Å². The molecule has 22 heavy (non-hydrogen) atoms. The first-order chi connectivity index (χ1) is 9.96. The number of alkyl halides is 3. The monoisotopic (exact) mass is 334 g/mol. The standard InChI is InChI=1S/C13H18BF3N2O2S/c1-11(2)12(3,4)21-14(20-11)8(6-18)5-10-19-9(7-22-10)13(15,16)17/h5,7H,6,18H2,1-4H3. The van der Waals surface area contributed by atoms with Crippen molar-refractivity contribution in [2.75, 3.05) is 6.54 Å². The van der Waals surface area contributed by atoms with E-state index in [1.165, 1.54) is 6.08 Å². The van der Waals surface area contributed by atoms with E-state index < -0.39 is 30.2 Å². The summed E-state index contributed by atoms with van der Waals surface area (Å²) in [5, 5.41) is 1.20. The fourth-order valence-corrected chi connectivity index (χ4v) is 2.65. The van der Waals surface area contributed by atoms with E-state index >= 15 is 0 Å². The van der Waals surface area contributed by atoms with Crippen molar-refractivity contribution in [3.63, 3.8) is 0 Å². The van der Waals surface area contributed by atoms with E-state index in [2.05, 4.69) is 4.98 Å². The van der Waals surface area contributed by atoms with Gasteiger partial charge in [-0.05, 0) is 39.2 Å². The largest absolute Gasteiger partial charge is 0.491 e. The first kappa shape index (κ1) is 17.5. The molecule has 9 heteroatoms. The minimum absolute atomic E-state index is 0.109. The van der Waals surface area contributed by atoms with Crippen LogP contribution in [0.5, 0.6) is 0 Å². The molecule has 0 atom stereocenters. The molecular weight excluding hydrogens is 316 g/mol. The van der Waals surface area contributed by atoms with Crippen molar-refractivity contribution in [3.8, 4) is 0 Å². The maximum Gasteiger partial charge on any atom is 0.491 e. The van der Waals surface area contributed by atoms with Gasteiger partial charge in [-0.15, -0.1) is 11.3 Å². The normalized spacial score (nSPS) is 21.5. The summed E-state index contributed by atoms with van der Waals surface area (Å²) in [6.45, 7) is 7.69. The summed E-state index contributed by atoms with van der Waals surface area (Å²) in [6, 6.07) is 0. The van der Waals surface area contributed by atoms with Crippen LogP contribution in [0.2, 0.25) is 0 Å². The van der Waals surface area contributed by atoms with Crippen LogP contribution in [-0.4, -0.2) is 29.8 Å². The molecule has 0 amide bonds. The van der Waals surface area contributed by atoms with Crippen LogP contribution in [0.1, 0.15) is 38.4 Å². The zero-order valence-corrected chi connectivity index (χ0v) is 13.6. The second-order valence-electron chi connectivity index (χ2n) is 6.08. The predicted octanol–water partition coefficient (Wildman–Crippen LogP) is 3.14. The maximum atomic E-state index is 12.6. The third kappa shape index (κ3) is 3.37. The van der Waals surface area contributed by atoms with Gasteiger partial charge in [0.25, 0.3) is 0 Å². The van der Waals surface area contributed by atoms with Gasteiger partial charge in [0.1, 0.15) is 5.01 Å². The average Bonchev–Trinajstić information content (AvgIpc) is 2.89. The van der Waals surface area contributed by atoms with Gasteiger partial charge in [0, 0.05) is 11.9 Å². The van der Waals surface area contributed by atoms with Crippen LogP contribution in [0.4, 0.5) is 13.2 Å². The SMILES string of the molecule is CC1(C)OB(C(=Cc2nc(C(F)(F)F)cs2)CN)OC1(C)C. The Hall–Kier alpha value is -0.895. The molecule has 0 unspecified atom stereocenters.